The molecular weight excluding hydrogens is 351 g/mol. The Hall–Kier alpha value is -0.290. The summed E-state index contributed by atoms with van der Waals surface area (Å²) in [5.41, 5.74) is 6.34. The number of benzene rings is 1. The standard InChI is InChI=1S/C13H16BrClN2O.ClH/c1-13(7-16)5-6-17(8-13)12(18)9-3-2-4-10(14)11(9)15;/h2-4H,5-8,16H2,1H3;1H. The van der Waals surface area contributed by atoms with E-state index in [0.717, 1.165) is 17.4 Å². The topological polar surface area (TPSA) is 46.3 Å². The van der Waals surface area contributed by atoms with E-state index in [0.29, 0.717) is 23.7 Å². The second-order valence-electron chi connectivity index (χ2n) is 5.09. The number of hydrogen-bond donors (Lipinski definition) is 1. The number of nitrogens with zero attached hydrogens (tertiary/aromatic N) is 1. The van der Waals surface area contributed by atoms with Crippen molar-refractivity contribution < 1.29 is 4.79 Å². The lowest BCUT2D eigenvalue weighted by atomic mass is 9.90. The van der Waals surface area contributed by atoms with Gasteiger partial charge in [-0.15, -0.1) is 12.4 Å². The number of likely N-dealkylation sites (tertiary alicyclic amines) is 1. The van der Waals surface area contributed by atoms with Gasteiger partial charge in [0.15, 0.2) is 0 Å². The van der Waals surface area contributed by atoms with Crippen LogP contribution in [0.2, 0.25) is 5.02 Å². The third kappa shape index (κ3) is 3.43. The molecule has 1 atom stereocenters. The highest BCUT2D eigenvalue weighted by Gasteiger charge is 2.35. The number of nitrogens with two attached hydrogens (primary N) is 1. The fraction of sp³-hybridized carbons (Fsp3) is 0.462. The van der Waals surface area contributed by atoms with Crippen molar-refractivity contribution in [1.29, 1.82) is 0 Å². The molecule has 1 aliphatic rings. The van der Waals surface area contributed by atoms with E-state index >= 15 is 0 Å². The third-order valence-corrected chi connectivity index (χ3v) is 4.82. The van der Waals surface area contributed by atoms with Crippen LogP contribution in [0.1, 0.15) is 23.7 Å². The molecule has 0 saturated carbocycles. The predicted molar refractivity (Wildman–Crippen MR) is 84.1 cm³/mol. The molecular formula is C13H17BrCl2N2O. The maximum atomic E-state index is 12.4. The van der Waals surface area contributed by atoms with Gasteiger partial charge < -0.3 is 10.6 Å². The average Bonchev–Trinajstić information content (AvgIpc) is 2.75. The summed E-state index contributed by atoms with van der Waals surface area (Å²) >= 11 is 9.49. The lowest BCUT2D eigenvalue weighted by Gasteiger charge is -2.23. The number of hydrogen-bond acceptors (Lipinski definition) is 2. The molecule has 1 unspecified atom stereocenters. The van der Waals surface area contributed by atoms with Crippen LogP contribution < -0.4 is 5.73 Å². The molecule has 1 amide bonds. The van der Waals surface area contributed by atoms with Crippen LogP contribution in [-0.2, 0) is 0 Å². The molecule has 1 aromatic carbocycles. The first-order chi connectivity index (χ1) is 8.47. The smallest absolute Gasteiger partial charge is 0.255 e. The molecule has 106 valence electrons. The maximum Gasteiger partial charge on any atom is 0.255 e. The first-order valence-corrected chi connectivity index (χ1v) is 7.07. The average molecular weight is 368 g/mol. The Morgan fingerprint density at radius 1 is 1.58 bits per heavy atom. The number of halogens is 3. The zero-order valence-electron chi connectivity index (χ0n) is 10.7. The van der Waals surface area contributed by atoms with Crippen molar-refractivity contribution in [1.82, 2.24) is 4.90 Å². The monoisotopic (exact) mass is 366 g/mol. The zero-order valence-corrected chi connectivity index (χ0v) is 13.8. The highest BCUT2D eigenvalue weighted by Crippen LogP contribution is 2.32. The Morgan fingerprint density at radius 2 is 2.26 bits per heavy atom. The number of carbonyl (C=O) groups is 1. The van der Waals surface area contributed by atoms with E-state index in [4.69, 9.17) is 17.3 Å². The Balaban J connectivity index is 0.00000180. The van der Waals surface area contributed by atoms with E-state index in [1.807, 2.05) is 17.0 Å². The summed E-state index contributed by atoms with van der Waals surface area (Å²) in [5.74, 6) is -0.0153. The Labute approximate surface area is 133 Å². The van der Waals surface area contributed by atoms with Crippen LogP contribution in [0.15, 0.2) is 22.7 Å². The minimum Gasteiger partial charge on any atom is -0.338 e. The number of carbonyl (C=O) groups excluding carboxylic acids is 1. The van der Waals surface area contributed by atoms with Crippen LogP contribution in [0.4, 0.5) is 0 Å². The van der Waals surface area contributed by atoms with E-state index in [-0.39, 0.29) is 23.7 Å². The van der Waals surface area contributed by atoms with E-state index in [1.165, 1.54) is 0 Å². The van der Waals surface area contributed by atoms with Gasteiger partial charge in [-0.3, -0.25) is 4.79 Å². The van der Waals surface area contributed by atoms with Gasteiger partial charge in [0.1, 0.15) is 0 Å². The molecule has 1 heterocycles. The SMILES string of the molecule is CC1(CN)CCN(C(=O)c2cccc(Br)c2Cl)C1.Cl. The fourth-order valence-electron chi connectivity index (χ4n) is 2.20. The largest absolute Gasteiger partial charge is 0.338 e. The summed E-state index contributed by atoms with van der Waals surface area (Å²) < 4.78 is 0.746. The normalized spacial score (nSPS) is 22.2. The van der Waals surface area contributed by atoms with Gasteiger partial charge in [0.05, 0.1) is 10.6 Å². The zero-order chi connectivity index (χ0) is 13.3. The second-order valence-corrected chi connectivity index (χ2v) is 6.33. The minimum atomic E-state index is -0.0153. The molecule has 1 aliphatic heterocycles. The number of amides is 1. The molecule has 0 aliphatic carbocycles. The summed E-state index contributed by atoms with van der Waals surface area (Å²) in [6.45, 7) is 4.16. The Bertz CT molecular complexity index is 484. The molecule has 2 N–H and O–H groups in total. The van der Waals surface area contributed by atoms with E-state index in [2.05, 4.69) is 22.9 Å². The Kier molecular flexibility index (Phi) is 5.68. The van der Waals surface area contributed by atoms with E-state index < -0.39 is 0 Å². The van der Waals surface area contributed by atoms with Crippen molar-refractivity contribution in [2.45, 2.75) is 13.3 Å². The second kappa shape index (κ2) is 6.44. The van der Waals surface area contributed by atoms with Gasteiger partial charge in [0, 0.05) is 17.6 Å². The lowest BCUT2D eigenvalue weighted by Crippen LogP contribution is -2.34. The van der Waals surface area contributed by atoms with Crippen molar-refractivity contribution in [3.05, 3.63) is 33.3 Å². The molecule has 1 fully saturated rings. The van der Waals surface area contributed by atoms with Crippen molar-refractivity contribution in [3.8, 4) is 0 Å². The Morgan fingerprint density at radius 3 is 2.84 bits per heavy atom. The molecule has 0 aromatic heterocycles. The quantitative estimate of drug-likeness (QED) is 0.871. The summed E-state index contributed by atoms with van der Waals surface area (Å²) in [6.07, 6.45) is 0.945. The first kappa shape index (κ1) is 16.8. The maximum absolute atomic E-state index is 12.4. The van der Waals surface area contributed by atoms with Crippen molar-refractivity contribution in [2.75, 3.05) is 19.6 Å². The molecule has 19 heavy (non-hydrogen) atoms. The number of rotatable bonds is 2. The first-order valence-electron chi connectivity index (χ1n) is 5.90. The van der Waals surface area contributed by atoms with Crippen LogP contribution in [-0.4, -0.2) is 30.4 Å². The summed E-state index contributed by atoms with van der Waals surface area (Å²) in [7, 11) is 0. The molecule has 2 rings (SSSR count). The van der Waals surface area contributed by atoms with Gasteiger partial charge in [0.2, 0.25) is 0 Å². The van der Waals surface area contributed by atoms with Gasteiger partial charge >= 0.3 is 0 Å². The van der Waals surface area contributed by atoms with Gasteiger partial charge in [-0.1, -0.05) is 24.6 Å². The predicted octanol–water partition coefficient (Wildman–Crippen LogP) is 3.34. The van der Waals surface area contributed by atoms with Crippen molar-refractivity contribution >= 4 is 45.8 Å². The van der Waals surface area contributed by atoms with Crippen molar-refractivity contribution in [2.24, 2.45) is 11.1 Å². The van der Waals surface area contributed by atoms with Crippen molar-refractivity contribution in [3.63, 3.8) is 0 Å². The summed E-state index contributed by atoms with van der Waals surface area (Å²) in [4.78, 5) is 14.2. The molecule has 1 aromatic rings. The van der Waals surface area contributed by atoms with Crippen LogP contribution in [0, 0.1) is 5.41 Å². The van der Waals surface area contributed by atoms with Gasteiger partial charge in [-0.25, -0.2) is 0 Å². The van der Waals surface area contributed by atoms with Crippen LogP contribution in [0.3, 0.4) is 0 Å². The molecule has 0 bridgehead atoms. The van der Waals surface area contributed by atoms with E-state index in [1.54, 1.807) is 6.07 Å². The highest BCUT2D eigenvalue weighted by molar-refractivity contribution is 9.10. The summed E-state index contributed by atoms with van der Waals surface area (Å²) in [6, 6.07) is 5.40. The highest BCUT2D eigenvalue weighted by atomic mass is 79.9. The molecule has 6 heteroatoms. The lowest BCUT2D eigenvalue weighted by molar-refractivity contribution is 0.0777. The van der Waals surface area contributed by atoms with Gasteiger partial charge in [-0.05, 0) is 46.4 Å². The molecule has 0 spiro atoms. The third-order valence-electron chi connectivity index (χ3n) is 3.52. The summed E-state index contributed by atoms with van der Waals surface area (Å²) in [5, 5.41) is 0.476. The molecule has 0 radical (unpaired) electrons. The molecule has 3 nitrogen and oxygen atoms in total. The molecule has 1 saturated heterocycles. The van der Waals surface area contributed by atoms with Crippen LogP contribution in [0.25, 0.3) is 0 Å². The van der Waals surface area contributed by atoms with Crippen LogP contribution in [0.5, 0.6) is 0 Å². The van der Waals surface area contributed by atoms with Gasteiger partial charge in [0.25, 0.3) is 5.91 Å². The van der Waals surface area contributed by atoms with E-state index in [9.17, 15) is 4.79 Å². The van der Waals surface area contributed by atoms with Gasteiger partial charge in [-0.2, -0.15) is 0 Å². The van der Waals surface area contributed by atoms with Crippen LogP contribution >= 0.6 is 39.9 Å². The fourth-order valence-corrected chi connectivity index (χ4v) is 2.78. The minimum absolute atomic E-state index is 0.